The Labute approximate surface area is 156 Å². The first-order valence-electron chi connectivity index (χ1n) is 7.67. The van der Waals surface area contributed by atoms with Crippen molar-refractivity contribution in [3.05, 3.63) is 28.8 Å². The smallest absolute Gasteiger partial charge is 0.331 e. The highest BCUT2D eigenvalue weighted by Gasteiger charge is 2.13. The molecule has 0 saturated carbocycles. The van der Waals surface area contributed by atoms with Crippen molar-refractivity contribution in [2.45, 2.75) is 26.9 Å². The maximum Gasteiger partial charge on any atom is 0.331 e. The summed E-state index contributed by atoms with van der Waals surface area (Å²) < 4.78 is 15.6. The van der Waals surface area contributed by atoms with E-state index in [4.69, 9.17) is 25.8 Å². The number of rotatable bonds is 7. The van der Waals surface area contributed by atoms with E-state index >= 15 is 0 Å². The Bertz CT molecular complexity index is 703. The van der Waals surface area contributed by atoms with E-state index in [1.807, 2.05) is 13.8 Å². The van der Waals surface area contributed by atoms with E-state index in [2.05, 4.69) is 10.9 Å². The Morgan fingerprint density at radius 1 is 1.23 bits per heavy atom. The zero-order valence-corrected chi connectivity index (χ0v) is 15.7. The summed E-state index contributed by atoms with van der Waals surface area (Å²) in [4.78, 5) is 33.6. The molecule has 0 unspecified atom stereocenters. The van der Waals surface area contributed by atoms with Crippen molar-refractivity contribution in [2.24, 2.45) is 0 Å². The second-order valence-electron chi connectivity index (χ2n) is 5.37. The van der Waals surface area contributed by atoms with Gasteiger partial charge in [0.1, 0.15) is 0 Å². The van der Waals surface area contributed by atoms with Crippen LogP contribution in [0.25, 0.3) is 6.08 Å². The molecule has 1 aromatic rings. The van der Waals surface area contributed by atoms with E-state index in [0.29, 0.717) is 22.1 Å². The van der Waals surface area contributed by atoms with Gasteiger partial charge in [-0.25, -0.2) is 4.79 Å². The minimum absolute atomic E-state index is 0.0820. The predicted molar refractivity (Wildman–Crippen MR) is 95.7 cm³/mol. The normalized spacial score (nSPS) is 10.5. The van der Waals surface area contributed by atoms with Crippen LogP contribution in [-0.4, -0.2) is 37.6 Å². The van der Waals surface area contributed by atoms with Crippen molar-refractivity contribution in [2.75, 3.05) is 13.7 Å². The minimum atomic E-state index is -0.736. The third kappa shape index (κ3) is 7.43. The van der Waals surface area contributed by atoms with Crippen molar-refractivity contribution < 1.29 is 28.6 Å². The van der Waals surface area contributed by atoms with Crippen molar-refractivity contribution in [1.29, 1.82) is 0 Å². The standard InChI is InChI=1S/C17H21ClN2O6/c1-10(2)26-17-13(18)7-12(8-14(17)24-4)5-6-16(23)25-9-15(22)20-19-11(3)21/h5-8,10H,9H2,1-4H3,(H,19,21)(H,20,22)/b6-5+. The molecule has 9 heteroatoms. The van der Waals surface area contributed by atoms with Gasteiger partial charge in [0.25, 0.3) is 5.91 Å². The molecule has 0 aliphatic rings. The van der Waals surface area contributed by atoms with Gasteiger partial charge in [0, 0.05) is 13.0 Å². The molecule has 0 spiro atoms. The molecule has 0 aliphatic carbocycles. The lowest BCUT2D eigenvalue weighted by atomic mass is 10.2. The summed E-state index contributed by atoms with van der Waals surface area (Å²) in [5.74, 6) is -1.00. The lowest BCUT2D eigenvalue weighted by molar-refractivity contribution is -0.144. The molecule has 0 heterocycles. The van der Waals surface area contributed by atoms with E-state index in [1.165, 1.54) is 20.1 Å². The highest BCUT2D eigenvalue weighted by Crippen LogP contribution is 2.37. The molecule has 0 radical (unpaired) electrons. The molecule has 0 bridgehead atoms. The fourth-order valence-electron chi connectivity index (χ4n) is 1.73. The number of amides is 2. The second kappa shape index (κ2) is 10.3. The maximum absolute atomic E-state index is 11.6. The first-order chi connectivity index (χ1) is 12.2. The topological polar surface area (TPSA) is 103 Å². The van der Waals surface area contributed by atoms with E-state index in [9.17, 15) is 14.4 Å². The van der Waals surface area contributed by atoms with Gasteiger partial charge in [0.05, 0.1) is 18.2 Å². The van der Waals surface area contributed by atoms with E-state index in [-0.39, 0.29) is 6.10 Å². The Morgan fingerprint density at radius 2 is 1.92 bits per heavy atom. The second-order valence-corrected chi connectivity index (χ2v) is 5.78. The number of benzene rings is 1. The largest absolute Gasteiger partial charge is 0.493 e. The van der Waals surface area contributed by atoms with Gasteiger partial charge in [-0.05, 0) is 37.6 Å². The van der Waals surface area contributed by atoms with Crippen LogP contribution in [0.1, 0.15) is 26.3 Å². The molecule has 1 rings (SSSR count). The summed E-state index contributed by atoms with van der Waals surface area (Å²) >= 11 is 6.19. The third-order valence-electron chi connectivity index (χ3n) is 2.74. The van der Waals surface area contributed by atoms with Gasteiger partial charge in [0.2, 0.25) is 5.91 Å². The van der Waals surface area contributed by atoms with Crippen molar-refractivity contribution in [1.82, 2.24) is 10.9 Å². The molecule has 0 aromatic heterocycles. The molecular formula is C17H21ClN2O6. The quantitative estimate of drug-likeness (QED) is 0.422. The Morgan fingerprint density at radius 3 is 2.50 bits per heavy atom. The number of ether oxygens (including phenoxy) is 3. The van der Waals surface area contributed by atoms with Crippen LogP contribution in [-0.2, 0) is 19.1 Å². The summed E-state index contributed by atoms with van der Waals surface area (Å²) in [7, 11) is 1.48. The third-order valence-corrected chi connectivity index (χ3v) is 3.02. The van der Waals surface area contributed by atoms with E-state index in [1.54, 1.807) is 12.1 Å². The first-order valence-corrected chi connectivity index (χ1v) is 8.05. The molecule has 0 aliphatic heterocycles. The van der Waals surface area contributed by atoms with Crippen LogP contribution in [0.4, 0.5) is 0 Å². The lowest BCUT2D eigenvalue weighted by Gasteiger charge is -2.15. The van der Waals surface area contributed by atoms with Crippen molar-refractivity contribution in [3.8, 4) is 11.5 Å². The average Bonchev–Trinajstić information content (AvgIpc) is 2.57. The Kier molecular flexibility index (Phi) is 8.44. The fraction of sp³-hybridized carbons (Fsp3) is 0.353. The number of carbonyl (C=O) groups is 3. The molecule has 142 valence electrons. The van der Waals surface area contributed by atoms with Crippen LogP contribution >= 0.6 is 11.6 Å². The maximum atomic E-state index is 11.6. The number of nitrogens with one attached hydrogen (secondary N) is 2. The zero-order valence-electron chi connectivity index (χ0n) is 14.9. The van der Waals surface area contributed by atoms with E-state index < -0.39 is 24.4 Å². The average molecular weight is 385 g/mol. The van der Waals surface area contributed by atoms with Gasteiger partial charge < -0.3 is 14.2 Å². The van der Waals surface area contributed by atoms with Crippen LogP contribution in [0, 0.1) is 0 Å². The molecule has 2 N–H and O–H groups in total. The van der Waals surface area contributed by atoms with Gasteiger partial charge in [-0.1, -0.05) is 11.6 Å². The monoisotopic (exact) mass is 384 g/mol. The summed E-state index contributed by atoms with van der Waals surface area (Å²) in [6.45, 7) is 4.42. The molecule has 8 nitrogen and oxygen atoms in total. The van der Waals surface area contributed by atoms with Gasteiger partial charge in [0.15, 0.2) is 18.1 Å². The van der Waals surface area contributed by atoms with Crippen LogP contribution in [0.3, 0.4) is 0 Å². The zero-order chi connectivity index (χ0) is 19.7. The number of hydrogen-bond donors (Lipinski definition) is 2. The van der Waals surface area contributed by atoms with Gasteiger partial charge in [-0.3, -0.25) is 20.4 Å². The fourth-order valence-corrected chi connectivity index (χ4v) is 1.99. The molecule has 1 aromatic carbocycles. The van der Waals surface area contributed by atoms with Gasteiger partial charge in [-0.2, -0.15) is 0 Å². The molecular weight excluding hydrogens is 364 g/mol. The van der Waals surface area contributed by atoms with Gasteiger partial charge in [-0.15, -0.1) is 0 Å². The van der Waals surface area contributed by atoms with Crippen molar-refractivity contribution in [3.63, 3.8) is 0 Å². The molecule has 26 heavy (non-hydrogen) atoms. The van der Waals surface area contributed by atoms with Crippen LogP contribution in [0.2, 0.25) is 5.02 Å². The minimum Gasteiger partial charge on any atom is -0.493 e. The molecule has 2 amide bonds. The highest BCUT2D eigenvalue weighted by molar-refractivity contribution is 6.32. The number of hydrazine groups is 1. The number of hydrogen-bond acceptors (Lipinski definition) is 6. The summed E-state index contributed by atoms with van der Waals surface area (Å²) in [6, 6.07) is 3.26. The highest BCUT2D eigenvalue weighted by atomic mass is 35.5. The number of methoxy groups -OCH3 is 1. The number of esters is 1. The van der Waals surface area contributed by atoms with Crippen LogP contribution in [0.5, 0.6) is 11.5 Å². The first kappa shape index (κ1) is 21.3. The summed E-state index contributed by atoms with van der Waals surface area (Å²) in [5.41, 5.74) is 4.73. The number of carbonyl (C=O) groups excluding carboxylic acids is 3. The molecule has 0 saturated heterocycles. The van der Waals surface area contributed by atoms with Crippen LogP contribution in [0.15, 0.2) is 18.2 Å². The van der Waals surface area contributed by atoms with Crippen molar-refractivity contribution >= 4 is 35.5 Å². The molecule has 0 fully saturated rings. The summed E-state index contributed by atoms with van der Waals surface area (Å²) in [5, 5.41) is 0.334. The summed E-state index contributed by atoms with van der Waals surface area (Å²) in [6.07, 6.45) is 2.52. The van der Waals surface area contributed by atoms with Gasteiger partial charge >= 0.3 is 5.97 Å². The SMILES string of the molecule is COc1cc(/C=C/C(=O)OCC(=O)NNC(C)=O)cc(Cl)c1OC(C)C. The predicted octanol–water partition coefficient (Wildman–Crippen LogP) is 1.86. The number of halogens is 1. The Hall–Kier alpha value is -2.74. The van der Waals surface area contributed by atoms with Crippen LogP contribution < -0.4 is 20.3 Å². The molecule has 0 atom stereocenters. The van der Waals surface area contributed by atoms with E-state index in [0.717, 1.165) is 6.08 Å². The Balaban J connectivity index is 2.69. The lowest BCUT2D eigenvalue weighted by Crippen LogP contribution is -2.42.